The van der Waals surface area contributed by atoms with E-state index in [4.69, 9.17) is 15.7 Å². The lowest BCUT2D eigenvalue weighted by molar-refractivity contribution is -0.0942. The summed E-state index contributed by atoms with van der Waals surface area (Å²) in [4.78, 5) is 14.3. The van der Waals surface area contributed by atoms with Crippen LogP contribution in [0.25, 0.3) is 11.1 Å². The van der Waals surface area contributed by atoms with Gasteiger partial charge in [-0.2, -0.15) is 5.26 Å². The Morgan fingerprint density at radius 3 is 2.56 bits per heavy atom. The zero-order valence-electron chi connectivity index (χ0n) is 14.0. The minimum absolute atomic E-state index is 0.226. The third kappa shape index (κ3) is 2.60. The van der Waals surface area contributed by atoms with Gasteiger partial charge in [-0.1, -0.05) is 30.3 Å². The van der Waals surface area contributed by atoms with Gasteiger partial charge >= 0.3 is 5.97 Å². The number of carbonyl (C=O) groups excluding carboxylic acids is 1. The fourth-order valence-corrected chi connectivity index (χ4v) is 3.76. The SMILES string of the molecule is CN1CC2(C1)OC(=O)c1ccc(-c3ccc(C[C@H](N)C#N)cc3)cc12. The molecule has 25 heavy (non-hydrogen) atoms. The van der Waals surface area contributed by atoms with Crippen LogP contribution < -0.4 is 5.73 Å². The largest absolute Gasteiger partial charge is 0.448 e. The minimum Gasteiger partial charge on any atom is -0.448 e. The van der Waals surface area contributed by atoms with E-state index in [0.717, 1.165) is 35.3 Å². The quantitative estimate of drug-likeness (QED) is 0.870. The molecule has 0 radical (unpaired) electrons. The number of likely N-dealkylation sites (tertiary alicyclic amines) is 1. The maximum absolute atomic E-state index is 12.1. The van der Waals surface area contributed by atoms with Crippen LogP contribution in [0.1, 0.15) is 21.5 Å². The minimum atomic E-state index is -0.482. The van der Waals surface area contributed by atoms with E-state index in [0.29, 0.717) is 12.0 Å². The van der Waals surface area contributed by atoms with Crippen molar-refractivity contribution in [1.29, 1.82) is 5.26 Å². The molecule has 0 amide bonds. The van der Waals surface area contributed by atoms with E-state index in [9.17, 15) is 4.79 Å². The van der Waals surface area contributed by atoms with Crippen molar-refractivity contribution in [2.45, 2.75) is 18.1 Å². The highest BCUT2D eigenvalue weighted by Gasteiger charge is 2.52. The van der Waals surface area contributed by atoms with Crippen molar-refractivity contribution in [2.24, 2.45) is 5.73 Å². The van der Waals surface area contributed by atoms with Crippen molar-refractivity contribution < 1.29 is 9.53 Å². The van der Waals surface area contributed by atoms with Crippen LogP contribution in [0.5, 0.6) is 0 Å². The molecule has 4 rings (SSSR count). The van der Waals surface area contributed by atoms with Crippen molar-refractivity contribution in [3.63, 3.8) is 0 Å². The number of nitrogens with zero attached hydrogens (tertiary/aromatic N) is 2. The zero-order valence-corrected chi connectivity index (χ0v) is 14.0. The standard InChI is InChI=1S/C20H19N3O2/c1-23-11-20(12-23)18-9-15(6-7-17(18)19(24)25-20)14-4-2-13(3-5-14)8-16(22)10-21/h2-7,9,16H,8,11-12,22H2,1H3/t16-/m0/s1. The Morgan fingerprint density at radius 2 is 1.92 bits per heavy atom. The summed E-state index contributed by atoms with van der Waals surface area (Å²) in [7, 11) is 2.02. The highest BCUT2D eigenvalue weighted by atomic mass is 16.6. The first-order valence-corrected chi connectivity index (χ1v) is 8.32. The molecule has 1 atom stereocenters. The van der Waals surface area contributed by atoms with Crippen LogP contribution >= 0.6 is 0 Å². The monoisotopic (exact) mass is 333 g/mol. The van der Waals surface area contributed by atoms with Crippen LogP contribution in [0, 0.1) is 11.3 Å². The van der Waals surface area contributed by atoms with Gasteiger partial charge < -0.3 is 10.5 Å². The molecule has 1 fully saturated rings. The molecule has 0 aliphatic carbocycles. The molecule has 2 aliphatic heterocycles. The van der Waals surface area contributed by atoms with Crippen molar-refractivity contribution in [2.75, 3.05) is 20.1 Å². The molecule has 5 heteroatoms. The Bertz CT molecular complexity index is 877. The summed E-state index contributed by atoms with van der Waals surface area (Å²) in [6.45, 7) is 1.47. The van der Waals surface area contributed by atoms with E-state index in [1.807, 2.05) is 49.5 Å². The third-order valence-electron chi connectivity index (χ3n) is 4.98. The fourth-order valence-electron chi connectivity index (χ4n) is 3.76. The van der Waals surface area contributed by atoms with Crippen LogP contribution in [0.4, 0.5) is 0 Å². The predicted molar refractivity (Wildman–Crippen MR) is 93.8 cm³/mol. The highest BCUT2D eigenvalue weighted by Crippen LogP contribution is 2.44. The first-order valence-electron chi connectivity index (χ1n) is 8.32. The average Bonchev–Trinajstić information content (AvgIpc) is 2.88. The van der Waals surface area contributed by atoms with Crippen molar-refractivity contribution in [3.8, 4) is 17.2 Å². The van der Waals surface area contributed by atoms with Crippen molar-refractivity contribution >= 4 is 5.97 Å². The number of carbonyl (C=O) groups is 1. The lowest BCUT2D eigenvalue weighted by atomic mass is 9.84. The molecular weight excluding hydrogens is 314 g/mol. The molecule has 2 aromatic rings. The van der Waals surface area contributed by atoms with Gasteiger partial charge in [-0.15, -0.1) is 0 Å². The normalized spacial score (nSPS) is 19.0. The molecule has 2 aromatic carbocycles. The number of ether oxygens (including phenoxy) is 1. The van der Waals surface area contributed by atoms with Crippen LogP contribution in [0.2, 0.25) is 0 Å². The zero-order chi connectivity index (χ0) is 17.6. The molecule has 5 nitrogen and oxygen atoms in total. The molecular formula is C20H19N3O2. The average molecular weight is 333 g/mol. The molecule has 1 spiro atoms. The fraction of sp³-hybridized carbons (Fsp3) is 0.300. The molecule has 1 saturated heterocycles. The summed E-state index contributed by atoms with van der Waals surface area (Å²) >= 11 is 0. The smallest absolute Gasteiger partial charge is 0.339 e. The molecule has 2 heterocycles. The molecule has 0 saturated carbocycles. The number of fused-ring (bicyclic) bond motifs is 2. The van der Waals surface area contributed by atoms with Gasteiger partial charge in [0.2, 0.25) is 0 Å². The Kier molecular flexibility index (Phi) is 3.60. The summed E-state index contributed by atoms with van der Waals surface area (Å²) < 4.78 is 5.67. The third-order valence-corrected chi connectivity index (χ3v) is 4.98. The Balaban J connectivity index is 1.64. The number of benzene rings is 2. The van der Waals surface area contributed by atoms with Gasteiger partial charge in [0.1, 0.15) is 0 Å². The summed E-state index contributed by atoms with van der Waals surface area (Å²) in [5.41, 5.74) is 10.0. The molecule has 0 bridgehead atoms. The maximum Gasteiger partial charge on any atom is 0.339 e. The maximum atomic E-state index is 12.1. The van der Waals surface area contributed by atoms with E-state index in [2.05, 4.69) is 11.0 Å². The Morgan fingerprint density at radius 1 is 1.24 bits per heavy atom. The van der Waals surface area contributed by atoms with E-state index in [1.54, 1.807) is 0 Å². The molecule has 2 N–H and O–H groups in total. The lowest BCUT2D eigenvalue weighted by Gasteiger charge is -2.44. The number of hydrogen-bond acceptors (Lipinski definition) is 5. The van der Waals surface area contributed by atoms with Gasteiger partial charge in [0.05, 0.1) is 17.7 Å². The van der Waals surface area contributed by atoms with Crippen molar-refractivity contribution in [1.82, 2.24) is 4.90 Å². The first-order chi connectivity index (χ1) is 12.0. The van der Waals surface area contributed by atoms with Gasteiger partial charge in [0, 0.05) is 25.1 Å². The van der Waals surface area contributed by atoms with E-state index in [-0.39, 0.29) is 5.97 Å². The number of likely N-dealkylation sites (N-methyl/N-ethyl adjacent to an activating group) is 1. The van der Waals surface area contributed by atoms with Crippen LogP contribution in [-0.4, -0.2) is 37.0 Å². The number of rotatable bonds is 3. The van der Waals surface area contributed by atoms with E-state index in [1.165, 1.54) is 0 Å². The second-order valence-electron chi connectivity index (χ2n) is 6.95. The molecule has 2 aliphatic rings. The van der Waals surface area contributed by atoms with Gasteiger partial charge in [-0.3, -0.25) is 4.90 Å². The topological polar surface area (TPSA) is 79.3 Å². The predicted octanol–water partition coefficient (Wildman–Crippen LogP) is 2.06. The van der Waals surface area contributed by atoms with Crippen LogP contribution in [0.15, 0.2) is 42.5 Å². The van der Waals surface area contributed by atoms with Gasteiger partial charge in [0.15, 0.2) is 5.60 Å². The van der Waals surface area contributed by atoms with Crippen molar-refractivity contribution in [3.05, 3.63) is 59.2 Å². The Hall–Kier alpha value is -2.68. The Labute approximate surface area is 146 Å². The first kappa shape index (κ1) is 15.8. The number of esters is 1. The number of nitrogens with two attached hydrogens (primary N) is 1. The molecule has 0 unspecified atom stereocenters. The number of hydrogen-bond donors (Lipinski definition) is 1. The van der Waals surface area contributed by atoms with Gasteiger partial charge in [-0.05, 0) is 35.9 Å². The second-order valence-corrected chi connectivity index (χ2v) is 6.95. The molecule has 126 valence electrons. The van der Waals surface area contributed by atoms with E-state index < -0.39 is 11.6 Å². The summed E-state index contributed by atoms with van der Waals surface area (Å²) in [6, 6.07) is 15.5. The van der Waals surface area contributed by atoms with Gasteiger partial charge in [0.25, 0.3) is 0 Å². The van der Waals surface area contributed by atoms with Crippen LogP contribution in [0.3, 0.4) is 0 Å². The van der Waals surface area contributed by atoms with Crippen LogP contribution in [-0.2, 0) is 16.8 Å². The highest BCUT2D eigenvalue weighted by molar-refractivity contribution is 5.96. The summed E-state index contributed by atoms with van der Waals surface area (Å²) in [5.74, 6) is -0.226. The molecule has 0 aromatic heterocycles. The second kappa shape index (κ2) is 5.69. The summed E-state index contributed by atoms with van der Waals surface area (Å²) in [5, 5.41) is 8.82. The van der Waals surface area contributed by atoms with E-state index >= 15 is 0 Å². The number of nitriles is 1. The van der Waals surface area contributed by atoms with Gasteiger partial charge in [-0.25, -0.2) is 4.79 Å². The summed E-state index contributed by atoms with van der Waals surface area (Å²) in [6.07, 6.45) is 0.540. The lowest BCUT2D eigenvalue weighted by Crippen LogP contribution is -2.57.